The number of halogens is 1. The van der Waals surface area contributed by atoms with E-state index in [0.717, 1.165) is 50.9 Å². The molecule has 6 nitrogen and oxygen atoms in total. The van der Waals surface area contributed by atoms with E-state index in [1.54, 1.807) is 6.20 Å². The van der Waals surface area contributed by atoms with Crippen molar-refractivity contribution in [3.8, 4) is 0 Å². The maximum absolute atomic E-state index is 6.25. The smallest absolute Gasteiger partial charge is 0.191 e. The van der Waals surface area contributed by atoms with Crippen molar-refractivity contribution >= 4 is 23.4 Å². The van der Waals surface area contributed by atoms with Gasteiger partial charge in [0.2, 0.25) is 0 Å². The molecule has 1 saturated heterocycles. The first-order valence-electron chi connectivity index (χ1n) is 9.15. The number of rotatable bonds is 8. The van der Waals surface area contributed by atoms with Crippen molar-refractivity contribution in [3.63, 3.8) is 0 Å². The van der Waals surface area contributed by atoms with Gasteiger partial charge in [-0.25, -0.2) is 4.98 Å². The summed E-state index contributed by atoms with van der Waals surface area (Å²) >= 11 is 6.25. The van der Waals surface area contributed by atoms with Gasteiger partial charge in [-0.05, 0) is 38.6 Å². The van der Waals surface area contributed by atoms with Crippen molar-refractivity contribution in [2.75, 3.05) is 51.7 Å². The molecule has 0 radical (unpaired) electrons. The van der Waals surface area contributed by atoms with Gasteiger partial charge < -0.3 is 20.4 Å². The number of hydrogen-bond donors (Lipinski definition) is 2. The van der Waals surface area contributed by atoms with Crippen LogP contribution in [-0.2, 0) is 0 Å². The molecule has 1 aromatic rings. The maximum atomic E-state index is 6.25. The molecular weight excluding hydrogens is 336 g/mol. The summed E-state index contributed by atoms with van der Waals surface area (Å²) in [5.41, 5.74) is 0. The molecule has 2 rings (SSSR count). The summed E-state index contributed by atoms with van der Waals surface area (Å²) in [5.74, 6) is 1.73. The number of guanidine groups is 1. The molecule has 1 aromatic heterocycles. The molecule has 1 unspecified atom stereocenters. The van der Waals surface area contributed by atoms with Crippen LogP contribution in [-0.4, -0.2) is 68.7 Å². The van der Waals surface area contributed by atoms with Crippen LogP contribution in [0.3, 0.4) is 0 Å². The predicted molar refractivity (Wildman–Crippen MR) is 107 cm³/mol. The Morgan fingerprint density at radius 3 is 3.04 bits per heavy atom. The molecule has 2 N–H and O–H groups in total. The highest BCUT2D eigenvalue weighted by molar-refractivity contribution is 6.32. The van der Waals surface area contributed by atoms with E-state index >= 15 is 0 Å². The number of nitrogens with one attached hydrogen (secondary N) is 2. The fourth-order valence-electron chi connectivity index (χ4n) is 2.97. The van der Waals surface area contributed by atoms with E-state index in [2.05, 4.69) is 44.4 Å². The second kappa shape index (κ2) is 10.5. The SMILES string of the molecule is CCCCN(C)CCNC(=NC)NC1CCN(c2ncccc2Cl)C1. The van der Waals surface area contributed by atoms with Crippen LogP contribution in [0.2, 0.25) is 5.02 Å². The van der Waals surface area contributed by atoms with Crippen molar-refractivity contribution in [2.45, 2.75) is 32.2 Å². The number of hydrogen-bond acceptors (Lipinski definition) is 4. The Morgan fingerprint density at radius 1 is 1.48 bits per heavy atom. The van der Waals surface area contributed by atoms with E-state index in [4.69, 9.17) is 11.6 Å². The lowest BCUT2D eigenvalue weighted by atomic mass is 10.3. The normalized spacial score (nSPS) is 18.0. The number of aliphatic imine (C=N–C) groups is 1. The number of likely N-dealkylation sites (N-methyl/N-ethyl adjacent to an activating group) is 1. The first kappa shape index (κ1) is 19.8. The fraction of sp³-hybridized carbons (Fsp3) is 0.667. The molecule has 1 aliphatic rings. The highest BCUT2D eigenvalue weighted by Gasteiger charge is 2.25. The largest absolute Gasteiger partial charge is 0.355 e. The van der Waals surface area contributed by atoms with Crippen molar-refractivity contribution in [1.29, 1.82) is 0 Å². The Labute approximate surface area is 156 Å². The minimum Gasteiger partial charge on any atom is -0.355 e. The van der Waals surface area contributed by atoms with Crippen LogP contribution < -0.4 is 15.5 Å². The summed E-state index contributed by atoms with van der Waals surface area (Å²) in [6, 6.07) is 4.10. The lowest BCUT2D eigenvalue weighted by Crippen LogP contribution is -2.46. The van der Waals surface area contributed by atoms with Gasteiger partial charge in [0.25, 0.3) is 0 Å². The standard InChI is InChI=1S/C18H31ClN6/c1-4-5-11-24(3)13-10-22-18(20-2)23-15-8-12-25(14-15)17-16(19)7-6-9-21-17/h6-7,9,15H,4-5,8,10-14H2,1-3H3,(H2,20,22,23). The number of unbranched alkanes of at least 4 members (excludes halogenated alkanes) is 1. The van der Waals surface area contributed by atoms with Gasteiger partial charge in [0.15, 0.2) is 5.96 Å². The highest BCUT2D eigenvalue weighted by Crippen LogP contribution is 2.25. The Bertz CT molecular complexity index is 550. The molecule has 7 heteroatoms. The van der Waals surface area contributed by atoms with Crippen molar-refractivity contribution in [3.05, 3.63) is 23.4 Å². The van der Waals surface area contributed by atoms with Crippen LogP contribution in [0, 0.1) is 0 Å². The van der Waals surface area contributed by atoms with Gasteiger partial charge in [-0.2, -0.15) is 0 Å². The zero-order valence-corrected chi connectivity index (χ0v) is 16.4. The van der Waals surface area contributed by atoms with Crippen LogP contribution in [0.5, 0.6) is 0 Å². The lowest BCUT2D eigenvalue weighted by molar-refractivity contribution is 0.332. The van der Waals surface area contributed by atoms with E-state index in [0.29, 0.717) is 11.1 Å². The highest BCUT2D eigenvalue weighted by atomic mass is 35.5. The molecule has 0 amide bonds. The number of pyridine rings is 1. The average Bonchev–Trinajstić information content (AvgIpc) is 3.07. The third-order valence-corrected chi connectivity index (χ3v) is 4.77. The topological polar surface area (TPSA) is 55.8 Å². The molecule has 2 heterocycles. The Hall–Kier alpha value is -1.53. The zero-order chi connectivity index (χ0) is 18.1. The molecule has 1 atom stereocenters. The summed E-state index contributed by atoms with van der Waals surface area (Å²) in [5, 5.41) is 7.63. The molecular formula is C18H31ClN6. The third kappa shape index (κ3) is 6.36. The van der Waals surface area contributed by atoms with Gasteiger partial charge in [-0.15, -0.1) is 0 Å². The van der Waals surface area contributed by atoms with E-state index in [1.807, 2.05) is 19.2 Å². The molecule has 140 valence electrons. The van der Waals surface area contributed by atoms with Gasteiger partial charge in [0.1, 0.15) is 5.82 Å². The van der Waals surface area contributed by atoms with Crippen LogP contribution in [0.1, 0.15) is 26.2 Å². The molecule has 0 aliphatic carbocycles. The van der Waals surface area contributed by atoms with E-state index in [9.17, 15) is 0 Å². The maximum Gasteiger partial charge on any atom is 0.191 e. The quantitative estimate of drug-likeness (QED) is 0.545. The summed E-state index contributed by atoms with van der Waals surface area (Å²) in [6.45, 7) is 7.11. The summed E-state index contributed by atoms with van der Waals surface area (Å²) in [7, 11) is 3.98. The van der Waals surface area contributed by atoms with Crippen LogP contribution in [0.25, 0.3) is 0 Å². The molecule has 0 saturated carbocycles. The average molecular weight is 367 g/mol. The molecule has 1 fully saturated rings. The van der Waals surface area contributed by atoms with Crippen LogP contribution >= 0.6 is 11.6 Å². The molecule has 0 bridgehead atoms. The predicted octanol–water partition coefficient (Wildman–Crippen LogP) is 2.21. The lowest BCUT2D eigenvalue weighted by Gasteiger charge is -2.21. The summed E-state index contributed by atoms with van der Waals surface area (Å²) in [6.07, 6.45) is 5.32. The van der Waals surface area contributed by atoms with Crippen molar-refractivity contribution in [1.82, 2.24) is 20.5 Å². The summed E-state index contributed by atoms with van der Waals surface area (Å²) in [4.78, 5) is 13.3. The first-order valence-corrected chi connectivity index (χ1v) is 9.53. The van der Waals surface area contributed by atoms with Crippen LogP contribution in [0.15, 0.2) is 23.3 Å². The van der Waals surface area contributed by atoms with E-state index in [1.165, 1.54) is 12.8 Å². The van der Waals surface area contributed by atoms with Gasteiger partial charge in [-0.1, -0.05) is 24.9 Å². The molecule has 0 aromatic carbocycles. The Balaban J connectivity index is 1.74. The zero-order valence-electron chi connectivity index (χ0n) is 15.6. The Kier molecular flexibility index (Phi) is 8.28. The van der Waals surface area contributed by atoms with Crippen molar-refractivity contribution in [2.24, 2.45) is 4.99 Å². The number of nitrogens with zero attached hydrogens (tertiary/aromatic N) is 4. The van der Waals surface area contributed by atoms with E-state index < -0.39 is 0 Å². The van der Waals surface area contributed by atoms with Gasteiger partial charge >= 0.3 is 0 Å². The summed E-state index contributed by atoms with van der Waals surface area (Å²) < 4.78 is 0. The van der Waals surface area contributed by atoms with Gasteiger partial charge in [0.05, 0.1) is 5.02 Å². The fourth-order valence-corrected chi connectivity index (χ4v) is 3.21. The molecule has 0 spiro atoms. The third-order valence-electron chi connectivity index (χ3n) is 4.47. The number of aromatic nitrogens is 1. The van der Waals surface area contributed by atoms with Gasteiger partial charge in [-0.3, -0.25) is 4.99 Å². The first-order chi connectivity index (χ1) is 12.1. The second-order valence-corrected chi connectivity index (χ2v) is 6.95. The molecule has 25 heavy (non-hydrogen) atoms. The van der Waals surface area contributed by atoms with Crippen LogP contribution in [0.4, 0.5) is 5.82 Å². The Morgan fingerprint density at radius 2 is 2.32 bits per heavy atom. The minimum atomic E-state index is 0.349. The van der Waals surface area contributed by atoms with E-state index in [-0.39, 0.29) is 0 Å². The second-order valence-electron chi connectivity index (χ2n) is 6.54. The number of anilines is 1. The minimum absolute atomic E-state index is 0.349. The van der Waals surface area contributed by atoms with Gasteiger partial charge in [0, 0.05) is 45.5 Å². The monoisotopic (exact) mass is 366 g/mol. The molecule has 1 aliphatic heterocycles. The van der Waals surface area contributed by atoms with Crippen molar-refractivity contribution < 1.29 is 0 Å².